The third-order valence-electron chi connectivity index (χ3n) is 7.54. The average Bonchev–Trinajstić information content (AvgIpc) is 3.68. The van der Waals surface area contributed by atoms with E-state index >= 15 is 0 Å². The van der Waals surface area contributed by atoms with E-state index in [1.54, 1.807) is 12.1 Å². The number of aryl methyl sites for hydroxylation is 1. The smallest absolute Gasteiger partial charge is 0.453 e. The Balaban J connectivity index is 1.37. The topological polar surface area (TPSA) is 12.5 Å². The van der Waals surface area contributed by atoms with Crippen LogP contribution in [-0.4, -0.2) is 31.8 Å². The molecule has 0 N–H and O–H groups in total. The average molecular weight is 496 g/mol. The van der Waals surface area contributed by atoms with Crippen molar-refractivity contribution in [1.29, 1.82) is 0 Å². The summed E-state index contributed by atoms with van der Waals surface area (Å²) in [5.74, 6) is -2.26. The molecule has 1 aliphatic carbocycles. The lowest BCUT2D eigenvalue weighted by Crippen LogP contribution is -2.40. The lowest BCUT2D eigenvalue weighted by Gasteiger charge is -2.35. The minimum Gasteiger partial charge on any atom is -0.493 e. The first-order valence-electron chi connectivity index (χ1n) is 12.6. The molecular formula is C28H34F5NO. The SMILES string of the molecule is CCc1ccc(CC(F)(F)C(F)(F)F)c(N2CCC(COc3cccc(C(C)C4CC4)c3)CC2)c1. The number of nitrogens with zero attached hydrogens (tertiary/aromatic N) is 1. The molecule has 1 saturated heterocycles. The van der Waals surface area contributed by atoms with E-state index in [-0.39, 0.29) is 5.56 Å². The van der Waals surface area contributed by atoms with Crippen molar-refractivity contribution in [2.75, 3.05) is 24.6 Å². The standard InChI is InChI=1S/C28H34F5NO/c1-3-20-7-8-24(17-27(29,30)28(31,32)33)26(15-20)34-13-11-21(12-14-34)18-35-25-6-4-5-23(16-25)19(2)22-9-10-22/h4-8,15-16,19,21-22H,3,9-14,17-18H2,1-2H3. The van der Waals surface area contributed by atoms with E-state index in [1.807, 2.05) is 24.0 Å². The normalized spacial score (nSPS) is 18.5. The van der Waals surface area contributed by atoms with Gasteiger partial charge in [-0.15, -0.1) is 0 Å². The Morgan fingerprint density at radius 1 is 0.971 bits per heavy atom. The highest BCUT2D eigenvalue weighted by atomic mass is 19.4. The number of alkyl halides is 5. The summed E-state index contributed by atoms with van der Waals surface area (Å²) in [6, 6.07) is 13.1. The van der Waals surface area contributed by atoms with Gasteiger partial charge in [-0.05, 0) is 84.7 Å². The van der Waals surface area contributed by atoms with Crippen LogP contribution in [0.15, 0.2) is 42.5 Å². The molecule has 1 unspecified atom stereocenters. The molecule has 1 aliphatic heterocycles. The molecule has 1 heterocycles. The van der Waals surface area contributed by atoms with Gasteiger partial charge in [0.05, 0.1) is 6.61 Å². The number of anilines is 1. The highest BCUT2D eigenvalue weighted by Gasteiger charge is 2.57. The molecule has 2 nitrogen and oxygen atoms in total. The zero-order valence-corrected chi connectivity index (χ0v) is 20.4. The fourth-order valence-corrected chi connectivity index (χ4v) is 4.92. The van der Waals surface area contributed by atoms with Gasteiger partial charge >= 0.3 is 12.1 Å². The summed E-state index contributed by atoms with van der Waals surface area (Å²) in [6.07, 6.45) is -2.04. The van der Waals surface area contributed by atoms with Gasteiger partial charge in [-0.3, -0.25) is 0 Å². The molecule has 0 bridgehead atoms. The first-order valence-corrected chi connectivity index (χ1v) is 12.6. The molecule has 0 amide bonds. The Bertz CT molecular complexity index is 993. The molecule has 35 heavy (non-hydrogen) atoms. The first-order chi connectivity index (χ1) is 16.6. The van der Waals surface area contributed by atoms with Crippen LogP contribution in [0.4, 0.5) is 27.6 Å². The summed E-state index contributed by atoms with van der Waals surface area (Å²) in [5.41, 5.74) is 2.76. The molecular weight excluding hydrogens is 461 g/mol. The van der Waals surface area contributed by atoms with E-state index in [0.29, 0.717) is 43.6 Å². The fourth-order valence-electron chi connectivity index (χ4n) is 4.92. The van der Waals surface area contributed by atoms with Crippen LogP contribution in [0.5, 0.6) is 5.75 Å². The van der Waals surface area contributed by atoms with Crippen LogP contribution in [0.2, 0.25) is 0 Å². The van der Waals surface area contributed by atoms with Crippen LogP contribution in [0, 0.1) is 11.8 Å². The van der Waals surface area contributed by atoms with E-state index in [2.05, 4.69) is 19.1 Å². The Morgan fingerprint density at radius 2 is 1.69 bits per heavy atom. The Hall–Kier alpha value is -2.31. The van der Waals surface area contributed by atoms with E-state index < -0.39 is 18.5 Å². The quantitative estimate of drug-likeness (QED) is 0.329. The maximum Gasteiger partial charge on any atom is 0.453 e. The van der Waals surface area contributed by atoms with Crippen molar-refractivity contribution in [1.82, 2.24) is 0 Å². The maximum atomic E-state index is 13.8. The van der Waals surface area contributed by atoms with Crippen LogP contribution < -0.4 is 9.64 Å². The lowest BCUT2D eigenvalue weighted by atomic mass is 9.94. The molecule has 7 heteroatoms. The van der Waals surface area contributed by atoms with Crippen LogP contribution in [-0.2, 0) is 12.8 Å². The van der Waals surface area contributed by atoms with Gasteiger partial charge < -0.3 is 9.64 Å². The van der Waals surface area contributed by atoms with Gasteiger partial charge in [-0.25, -0.2) is 0 Å². The Labute approximate surface area is 204 Å². The van der Waals surface area contributed by atoms with Crippen molar-refractivity contribution >= 4 is 5.69 Å². The molecule has 2 aromatic rings. The second-order valence-corrected chi connectivity index (χ2v) is 10.1. The number of ether oxygens (including phenoxy) is 1. The van der Waals surface area contributed by atoms with Gasteiger partial charge in [0, 0.05) is 25.2 Å². The first kappa shape index (κ1) is 25.8. The molecule has 0 radical (unpaired) electrons. The number of piperidine rings is 1. The van der Waals surface area contributed by atoms with Gasteiger partial charge in [-0.2, -0.15) is 22.0 Å². The predicted octanol–water partition coefficient (Wildman–Crippen LogP) is 7.80. The molecule has 192 valence electrons. The van der Waals surface area contributed by atoms with E-state index in [0.717, 1.165) is 30.1 Å². The van der Waals surface area contributed by atoms with Crippen LogP contribution in [0.1, 0.15) is 62.1 Å². The van der Waals surface area contributed by atoms with Crippen LogP contribution >= 0.6 is 0 Å². The number of hydrogen-bond donors (Lipinski definition) is 0. The van der Waals surface area contributed by atoms with Crippen molar-refractivity contribution in [3.05, 3.63) is 59.2 Å². The number of rotatable bonds is 9. The largest absolute Gasteiger partial charge is 0.493 e. The second-order valence-electron chi connectivity index (χ2n) is 10.1. The minimum atomic E-state index is -5.56. The maximum absolute atomic E-state index is 13.8. The van der Waals surface area contributed by atoms with Gasteiger partial charge in [-0.1, -0.05) is 38.1 Å². The molecule has 2 aromatic carbocycles. The van der Waals surface area contributed by atoms with Crippen LogP contribution in [0.3, 0.4) is 0 Å². The van der Waals surface area contributed by atoms with Crippen LogP contribution in [0.25, 0.3) is 0 Å². The second kappa shape index (κ2) is 10.4. The van der Waals surface area contributed by atoms with Gasteiger partial charge in [0.2, 0.25) is 0 Å². The Kier molecular flexibility index (Phi) is 7.62. The van der Waals surface area contributed by atoms with E-state index in [9.17, 15) is 22.0 Å². The molecule has 4 rings (SSSR count). The minimum absolute atomic E-state index is 0.0424. The third kappa shape index (κ3) is 6.28. The van der Waals surface area contributed by atoms with E-state index in [1.165, 1.54) is 24.5 Å². The van der Waals surface area contributed by atoms with Gasteiger partial charge in [0.15, 0.2) is 0 Å². The molecule has 2 aliphatic rings. The molecule has 1 atom stereocenters. The van der Waals surface area contributed by atoms with Crippen molar-refractivity contribution < 1.29 is 26.7 Å². The zero-order chi connectivity index (χ0) is 25.2. The number of halogens is 5. The fraction of sp³-hybridized carbons (Fsp3) is 0.571. The monoisotopic (exact) mass is 495 g/mol. The summed E-state index contributed by atoms with van der Waals surface area (Å²) in [6.45, 7) is 5.98. The van der Waals surface area contributed by atoms with Crippen molar-refractivity contribution in [2.45, 2.75) is 70.4 Å². The summed E-state index contributed by atoms with van der Waals surface area (Å²) in [7, 11) is 0. The molecule has 0 spiro atoms. The van der Waals surface area contributed by atoms with Crippen molar-refractivity contribution in [2.24, 2.45) is 11.8 Å². The summed E-state index contributed by atoms with van der Waals surface area (Å²) >= 11 is 0. The van der Waals surface area contributed by atoms with Crippen molar-refractivity contribution in [3.8, 4) is 5.75 Å². The highest BCUT2D eigenvalue weighted by Crippen LogP contribution is 2.43. The number of hydrogen-bond acceptors (Lipinski definition) is 2. The van der Waals surface area contributed by atoms with Gasteiger partial charge in [0.25, 0.3) is 0 Å². The molecule has 2 fully saturated rings. The summed E-state index contributed by atoms with van der Waals surface area (Å²) in [4.78, 5) is 1.95. The summed E-state index contributed by atoms with van der Waals surface area (Å²) in [5, 5.41) is 0. The predicted molar refractivity (Wildman–Crippen MR) is 129 cm³/mol. The highest BCUT2D eigenvalue weighted by molar-refractivity contribution is 5.56. The lowest BCUT2D eigenvalue weighted by molar-refractivity contribution is -0.281. The molecule has 0 aromatic heterocycles. The third-order valence-corrected chi connectivity index (χ3v) is 7.54. The summed E-state index contributed by atoms with van der Waals surface area (Å²) < 4.78 is 72.3. The van der Waals surface area contributed by atoms with E-state index in [4.69, 9.17) is 4.74 Å². The van der Waals surface area contributed by atoms with Crippen molar-refractivity contribution in [3.63, 3.8) is 0 Å². The molecule has 1 saturated carbocycles. The number of benzene rings is 2. The Morgan fingerprint density at radius 3 is 2.31 bits per heavy atom. The van der Waals surface area contributed by atoms with Gasteiger partial charge in [0.1, 0.15) is 5.75 Å². The zero-order valence-electron chi connectivity index (χ0n) is 20.4.